The number of methoxy groups -OCH3 is 1. The molecular formula is C56H85FN6O15S4. The summed E-state index contributed by atoms with van der Waals surface area (Å²) < 4.78 is 43.2. The van der Waals surface area contributed by atoms with Crippen molar-refractivity contribution in [3.8, 4) is 0 Å². The average Bonchev–Trinajstić information content (AvgIpc) is 3.83. The van der Waals surface area contributed by atoms with Gasteiger partial charge in [-0.05, 0) is 106 Å². The first kappa shape index (κ1) is 70.5. The molecule has 21 nitrogen and oxygen atoms in total. The third kappa shape index (κ3) is 22.2. The van der Waals surface area contributed by atoms with Gasteiger partial charge >= 0.3 is 17.9 Å². The zero-order valence-corrected chi connectivity index (χ0v) is 52.1. The average molecular weight is 1230 g/mol. The van der Waals surface area contributed by atoms with Gasteiger partial charge in [0.1, 0.15) is 23.8 Å². The third-order valence-corrected chi connectivity index (χ3v) is 20.4. The number of ether oxygens (including phenoxy) is 5. The minimum atomic E-state index is -1.66. The van der Waals surface area contributed by atoms with Crippen LogP contribution in [0.1, 0.15) is 137 Å². The Morgan fingerprint density at radius 2 is 1.51 bits per heavy atom. The van der Waals surface area contributed by atoms with E-state index in [2.05, 4.69) is 58.2 Å². The molecule has 26 heteroatoms. The summed E-state index contributed by atoms with van der Waals surface area (Å²) in [6.07, 6.45) is -1.59. The van der Waals surface area contributed by atoms with Gasteiger partial charge in [-0.25, -0.2) is 14.0 Å². The number of halogens is 1. The maximum absolute atomic E-state index is 13.7. The molecule has 0 aromatic heterocycles. The highest BCUT2D eigenvalue weighted by atomic mass is 33.1. The Hall–Kier alpha value is -3.95. The van der Waals surface area contributed by atoms with E-state index in [-0.39, 0.29) is 77.2 Å². The molecule has 4 rings (SSSR count). The summed E-state index contributed by atoms with van der Waals surface area (Å²) in [6.45, 7) is 17.6. The molecule has 5 N–H and O–H groups in total. The summed E-state index contributed by atoms with van der Waals surface area (Å²) in [6, 6.07) is 3.64. The van der Waals surface area contributed by atoms with Crippen LogP contribution in [0.2, 0.25) is 0 Å². The summed E-state index contributed by atoms with van der Waals surface area (Å²) in [4.78, 5) is 83.0. The highest BCUT2D eigenvalue weighted by Gasteiger charge is 2.48. The normalized spacial score (nSPS) is 23.2. The predicted molar refractivity (Wildman–Crippen MR) is 316 cm³/mol. The monoisotopic (exact) mass is 1230 g/mol. The Kier molecular flexibility index (Phi) is 30.5. The van der Waals surface area contributed by atoms with Crippen LogP contribution in [0.4, 0.5) is 10.1 Å². The smallest absolute Gasteiger partial charge is 0.345 e. The molecule has 3 aliphatic rings. The molecule has 0 unspecified atom stereocenters. The number of carbonyl (C=O) groups is 6. The second-order valence-electron chi connectivity index (χ2n) is 21.9. The Morgan fingerprint density at radius 3 is 2.13 bits per heavy atom. The van der Waals surface area contributed by atoms with E-state index in [0.29, 0.717) is 37.6 Å². The lowest BCUT2D eigenvalue weighted by atomic mass is 9.79. The standard InChI is InChI=1S/C56H85FN6O15S4/c1-31(2)50(75-48(69)29-44(66)49-37(8)54(71)76-55(49)72)52(73-10)45(67)28-43(65)36(7)42(64)15-11-34(5)51-35(6)18-20-56(78-51)19-17-33(4)46(77-56)16-12-32(3)38(9)62-74-30-47(68)59-21-23-79-81-25-26-82-80-24-22-60-53(70)39-13-14-40(57)41(27-39)61-63-58/h13-14,27,31-36,42,44-46,50-52,64,66-67H,11-12,15-26,28-30H2,1-10H3,(H,59,68)(H,60,70)/b62-38+/t32-,33+,34+,35-,36-,42-,44+,45+,46-,50+,51-,52+,56+/m0/s1. The van der Waals surface area contributed by atoms with Gasteiger partial charge in [0.2, 0.25) is 0 Å². The van der Waals surface area contributed by atoms with Gasteiger partial charge in [0, 0.05) is 84.4 Å². The fourth-order valence-corrected chi connectivity index (χ4v) is 14.5. The number of amides is 2. The van der Waals surface area contributed by atoms with Crippen molar-refractivity contribution in [3.63, 3.8) is 0 Å². The molecule has 0 radical (unpaired) electrons. The van der Waals surface area contributed by atoms with Crippen molar-refractivity contribution in [1.82, 2.24) is 10.6 Å². The molecule has 1 spiro atoms. The summed E-state index contributed by atoms with van der Waals surface area (Å²) in [5.74, 6) is -2.63. The maximum atomic E-state index is 13.7. The lowest BCUT2D eigenvalue weighted by molar-refractivity contribution is -0.338. The second kappa shape index (κ2) is 35.5. The van der Waals surface area contributed by atoms with E-state index in [1.54, 1.807) is 63.9 Å². The number of benzene rings is 1. The number of nitrogens with zero attached hydrogens (tertiary/aromatic N) is 4. The number of nitrogens with one attached hydrogen (secondary N) is 2. The second-order valence-corrected chi connectivity index (χ2v) is 27.3. The molecule has 0 bridgehead atoms. The Balaban J connectivity index is 1.11. The number of esters is 3. The van der Waals surface area contributed by atoms with E-state index in [4.69, 9.17) is 29.3 Å². The quantitative estimate of drug-likeness (QED) is 0.00482. The van der Waals surface area contributed by atoms with Gasteiger partial charge in [0.05, 0.1) is 53.9 Å². The number of hydrogen-bond acceptors (Lipinski definition) is 21. The van der Waals surface area contributed by atoms with Gasteiger partial charge in [0.25, 0.3) is 11.8 Å². The van der Waals surface area contributed by atoms with Crippen LogP contribution in [0.15, 0.2) is 39.6 Å². The molecule has 82 heavy (non-hydrogen) atoms. The number of rotatable bonds is 36. The highest BCUT2D eigenvalue weighted by Crippen LogP contribution is 2.46. The number of oxime groups is 1. The molecule has 2 fully saturated rings. The molecule has 0 saturated carbocycles. The molecule has 460 valence electrons. The molecule has 2 saturated heterocycles. The Bertz CT molecular complexity index is 2420. The number of ketones is 1. The van der Waals surface area contributed by atoms with Crippen LogP contribution in [0.5, 0.6) is 0 Å². The first-order chi connectivity index (χ1) is 38.9. The molecular weight excluding hydrogens is 1140 g/mol. The topological polar surface area (TPSA) is 304 Å². The van der Waals surface area contributed by atoms with Crippen molar-refractivity contribution in [2.24, 2.45) is 45.8 Å². The maximum Gasteiger partial charge on any atom is 0.345 e. The summed E-state index contributed by atoms with van der Waals surface area (Å²) >= 11 is 0. The molecule has 1 aromatic carbocycles. The zero-order chi connectivity index (χ0) is 60.7. The largest absolute Gasteiger partial charge is 0.459 e. The van der Waals surface area contributed by atoms with Crippen molar-refractivity contribution in [1.29, 1.82) is 0 Å². The molecule has 0 aliphatic carbocycles. The number of Topliss-reactive ketones (excluding diaryl/α,β-unsaturated/α-hetero) is 1. The molecule has 2 amide bonds. The Morgan fingerprint density at radius 1 is 0.866 bits per heavy atom. The number of aliphatic hydroxyl groups is 3. The van der Waals surface area contributed by atoms with Crippen LogP contribution >= 0.6 is 43.2 Å². The van der Waals surface area contributed by atoms with Crippen LogP contribution in [0, 0.1) is 41.3 Å². The van der Waals surface area contributed by atoms with Gasteiger partial charge in [-0.15, -0.1) is 0 Å². The van der Waals surface area contributed by atoms with Crippen LogP contribution in [0.25, 0.3) is 10.4 Å². The fourth-order valence-electron chi connectivity index (χ4n) is 9.98. The molecule has 3 aliphatic heterocycles. The predicted octanol–water partition coefficient (Wildman–Crippen LogP) is 8.98. The first-order valence-electron chi connectivity index (χ1n) is 28.1. The van der Waals surface area contributed by atoms with E-state index in [1.165, 1.54) is 26.2 Å². The van der Waals surface area contributed by atoms with Gasteiger partial charge < -0.3 is 54.5 Å². The van der Waals surface area contributed by atoms with Crippen molar-refractivity contribution < 1.29 is 77.0 Å². The summed E-state index contributed by atoms with van der Waals surface area (Å²) in [5.41, 5.74) is 8.90. The van der Waals surface area contributed by atoms with E-state index in [0.717, 1.165) is 67.6 Å². The molecule has 1 aromatic rings. The van der Waals surface area contributed by atoms with Gasteiger partial charge in [-0.2, -0.15) is 0 Å². The van der Waals surface area contributed by atoms with E-state index >= 15 is 0 Å². The number of aliphatic hydroxyl groups excluding tert-OH is 3. The lowest BCUT2D eigenvalue weighted by Crippen LogP contribution is -2.53. The zero-order valence-electron chi connectivity index (χ0n) is 48.8. The summed E-state index contributed by atoms with van der Waals surface area (Å²) in [5, 5.41) is 46.3. The number of carbonyl (C=O) groups excluding carboxylic acids is 6. The highest BCUT2D eigenvalue weighted by molar-refractivity contribution is 8.78. The fraction of sp³-hybridized carbons (Fsp3) is 0.732. The number of cyclic esters (lactones) is 2. The minimum Gasteiger partial charge on any atom is -0.459 e. The number of hydrogen-bond donors (Lipinski definition) is 5. The third-order valence-electron chi connectivity index (χ3n) is 15.3. The van der Waals surface area contributed by atoms with Crippen LogP contribution < -0.4 is 10.6 Å². The van der Waals surface area contributed by atoms with Gasteiger partial charge in [-0.1, -0.05) is 102 Å². The lowest BCUT2D eigenvalue weighted by Gasteiger charge is -2.51. The van der Waals surface area contributed by atoms with Gasteiger partial charge in [0.15, 0.2) is 12.4 Å². The number of azide groups is 1. The molecule has 13 atom stereocenters. The first-order valence-corrected chi connectivity index (χ1v) is 33.1. The minimum absolute atomic E-state index is 0.0307. The van der Waals surface area contributed by atoms with Crippen molar-refractivity contribution >= 4 is 90.1 Å². The Labute approximate surface area is 497 Å². The van der Waals surface area contributed by atoms with Crippen LogP contribution in [-0.4, -0.2) is 155 Å². The SMILES string of the molecule is CO[C@H]([C@H](O)CC(=O)[C@@H](C)[C@@H](O)CC[C@@H](C)[C@@H]1O[C@]2(CC[C@@H](C)[C@H](CC[C@H](C)/C(C)=N/OCC(=O)NCCSSCCSSCCNC(=O)c3ccc(F)c(N=[N+]=[N-])c3)O2)CC[C@@H]1C)[C@H](OC(=O)C[C@@H](O)C1=C(C)C(=O)OC1=O)C(C)C. The van der Waals surface area contributed by atoms with Crippen molar-refractivity contribution in [2.45, 2.75) is 175 Å². The van der Waals surface area contributed by atoms with Crippen molar-refractivity contribution in [2.75, 3.05) is 49.8 Å². The van der Waals surface area contributed by atoms with E-state index < -0.39 is 84.1 Å². The van der Waals surface area contributed by atoms with Crippen LogP contribution in [-0.2, 0) is 52.5 Å². The van der Waals surface area contributed by atoms with Crippen LogP contribution in [0.3, 0.4) is 0 Å². The van der Waals surface area contributed by atoms with E-state index in [1.807, 2.05) is 6.92 Å². The summed E-state index contributed by atoms with van der Waals surface area (Å²) in [7, 11) is 8.02. The van der Waals surface area contributed by atoms with E-state index in [9.17, 15) is 48.5 Å². The van der Waals surface area contributed by atoms with Crippen molar-refractivity contribution in [3.05, 3.63) is 51.2 Å². The molecule has 3 heterocycles. The van der Waals surface area contributed by atoms with Gasteiger partial charge in [-0.3, -0.25) is 19.2 Å².